The molecule has 7 heteroatoms. The van der Waals surface area contributed by atoms with E-state index < -0.39 is 5.92 Å². The average Bonchev–Trinajstić information content (AvgIpc) is 3.22. The monoisotopic (exact) mass is 378 g/mol. The van der Waals surface area contributed by atoms with Crippen molar-refractivity contribution < 1.29 is 14.4 Å². The molecule has 2 aliphatic heterocycles. The lowest BCUT2D eigenvalue weighted by Crippen LogP contribution is -2.42. The molecule has 3 heterocycles. The summed E-state index contributed by atoms with van der Waals surface area (Å²) >= 11 is 0. The summed E-state index contributed by atoms with van der Waals surface area (Å²) in [6.07, 6.45) is 3.77. The van der Waals surface area contributed by atoms with E-state index in [2.05, 4.69) is 10.3 Å². The maximum Gasteiger partial charge on any atom is 0.229 e. The van der Waals surface area contributed by atoms with E-state index in [1.807, 2.05) is 36.4 Å². The molecular weight excluding hydrogens is 356 g/mol. The van der Waals surface area contributed by atoms with Gasteiger partial charge in [-0.1, -0.05) is 24.3 Å². The van der Waals surface area contributed by atoms with Crippen LogP contribution in [0, 0.1) is 5.92 Å². The van der Waals surface area contributed by atoms with Crippen LogP contribution in [0.3, 0.4) is 0 Å². The highest BCUT2D eigenvalue weighted by molar-refractivity contribution is 5.97. The van der Waals surface area contributed by atoms with Crippen LogP contribution in [0.4, 0.5) is 5.69 Å². The maximum absolute atomic E-state index is 13.0. The molecule has 2 aromatic rings. The number of hydrogen-bond acceptors (Lipinski definition) is 4. The number of nitrogens with zero attached hydrogens (tertiary/aromatic N) is 3. The highest BCUT2D eigenvalue weighted by Gasteiger charge is 2.44. The van der Waals surface area contributed by atoms with Gasteiger partial charge in [-0.2, -0.15) is 0 Å². The van der Waals surface area contributed by atoms with E-state index in [-0.39, 0.29) is 42.6 Å². The Morgan fingerprint density at radius 2 is 1.86 bits per heavy atom. The topological polar surface area (TPSA) is 82.6 Å². The molecule has 3 atom stereocenters. The van der Waals surface area contributed by atoms with Gasteiger partial charge in [0, 0.05) is 44.5 Å². The van der Waals surface area contributed by atoms with Gasteiger partial charge in [0.1, 0.15) is 0 Å². The number of carbonyl (C=O) groups is 3. The van der Waals surface area contributed by atoms with E-state index in [1.54, 1.807) is 35.3 Å². The number of hydrogen-bond donors (Lipinski definition) is 1. The van der Waals surface area contributed by atoms with Crippen LogP contribution in [0.5, 0.6) is 0 Å². The number of pyridine rings is 1. The molecule has 0 saturated carbocycles. The van der Waals surface area contributed by atoms with Crippen molar-refractivity contribution in [3.63, 3.8) is 0 Å². The van der Waals surface area contributed by atoms with Crippen molar-refractivity contribution in [2.24, 2.45) is 5.92 Å². The zero-order chi connectivity index (χ0) is 19.7. The van der Waals surface area contributed by atoms with E-state index in [4.69, 9.17) is 0 Å². The van der Waals surface area contributed by atoms with Crippen LogP contribution in [-0.2, 0) is 14.4 Å². The van der Waals surface area contributed by atoms with Gasteiger partial charge in [-0.15, -0.1) is 0 Å². The standard InChI is InChI=1S/C21H22N4O3/c1-24-18(26)11-17(20(24)14-6-5-9-22-12-14)21(28)23-15-10-19(27)25(13-15)16-7-3-2-4-8-16/h2-9,12,15,17,20H,10-11,13H2,1H3,(H,23,28)/t15?,17-,20+/m0/s1. The molecule has 3 amide bonds. The minimum Gasteiger partial charge on any atom is -0.351 e. The van der Waals surface area contributed by atoms with E-state index in [0.29, 0.717) is 6.54 Å². The summed E-state index contributed by atoms with van der Waals surface area (Å²) in [7, 11) is 1.71. The number of likely N-dealkylation sites (tertiary alicyclic amines) is 1. The van der Waals surface area contributed by atoms with E-state index in [9.17, 15) is 14.4 Å². The summed E-state index contributed by atoms with van der Waals surface area (Å²) in [6.45, 7) is 0.433. The van der Waals surface area contributed by atoms with Crippen LogP contribution >= 0.6 is 0 Å². The molecule has 2 fully saturated rings. The zero-order valence-corrected chi connectivity index (χ0v) is 15.6. The summed E-state index contributed by atoms with van der Waals surface area (Å²) in [6, 6.07) is 12.5. The third kappa shape index (κ3) is 3.35. The SMILES string of the molecule is CN1C(=O)C[C@H](C(=O)NC2CC(=O)N(c3ccccc3)C2)[C@H]1c1cccnc1. The molecule has 1 N–H and O–H groups in total. The molecule has 0 spiro atoms. The molecule has 7 nitrogen and oxygen atoms in total. The fourth-order valence-electron chi connectivity index (χ4n) is 4.08. The van der Waals surface area contributed by atoms with E-state index >= 15 is 0 Å². The van der Waals surface area contributed by atoms with Crippen LogP contribution in [-0.4, -0.2) is 47.2 Å². The molecule has 1 aromatic heterocycles. The fraction of sp³-hybridized carbons (Fsp3) is 0.333. The van der Waals surface area contributed by atoms with Gasteiger partial charge in [-0.3, -0.25) is 19.4 Å². The van der Waals surface area contributed by atoms with Gasteiger partial charge >= 0.3 is 0 Å². The van der Waals surface area contributed by atoms with Gasteiger partial charge in [0.25, 0.3) is 0 Å². The van der Waals surface area contributed by atoms with Crippen molar-refractivity contribution in [3.05, 3.63) is 60.4 Å². The first kappa shape index (κ1) is 18.2. The molecule has 1 aromatic carbocycles. The molecule has 0 radical (unpaired) electrons. The van der Waals surface area contributed by atoms with Crippen molar-refractivity contribution in [2.75, 3.05) is 18.5 Å². The highest BCUT2D eigenvalue weighted by Crippen LogP contribution is 2.37. The molecule has 144 valence electrons. The van der Waals surface area contributed by atoms with Gasteiger partial charge in [0.2, 0.25) is 17.7 Å². The fourth-order valence-corrected chi connectivity index (χ4v) is 4.08. The van der Waals surface area contributed by atoms with Crippen LogP contribution < -0.4 is 10.2 Å². The van der Waals surface area contributed by atoms with Crippen molar-refractivity contribution in [1.29, 1.82) is 0 Å². The zero-order valence-electron chi connectivity index (χ0n) is 15.6. The lowest BCUT2D eigenvalue weighted by molar-refractivity contribution is -0.128. The van der Waals surface area contributed by atoms with Crippen molar-refractivity contribution in [1.82, 2.24) is 15.2 Å². The second-order valence-electron chi connectivity index (χ2n) is 7.30. The Hall–Kier alpha value is -3.22. The van der Waals surface area contributed by atoms with Crippen LogP contribution in [0.2, 0.25) is 0 Å². The smallest absolute Gasteiger partial charge is 0.229 e. The minimum absolute atomic E-state index is 0.0140. The normalized spacial score (nSPS) is 24.7. The summed E-state index contributed by atoms with van der Waals surface area (Å²) in [5, 5.41) is 2.99. The Morgan fingerprint density at radius 1 is 1.07 bits per heavy atom. The number of rotatable bonds is 4. The molecular formula is C21H22N4O3. The molecule has 1 unspecified atom stereocenters. The first-order valence-electron chi connectivity index (χ1n) is 9.36. The number of para-hydroxylation sites is 1. The number of benzene rings is 1. The highest BCUT2D eigenvalue weighted by atomic mass is 16.2. The Morgan fingerprint density at radius 3 is 2.57 bits per heavy atom. The van der Waals surface area contributed by atoms with Gasteiger partial charge in [0.05, 0.1) is 18.0 Å². The summed E-state index contributed by atoms with van der Waals surface area (Å²) in [4.78, 5) is 45.0. The Labute approximate surface area is 163 Å². The first-order chi connectivity index (χ1) is 13.5. The number of carbonyl (C=O) groups excluding carboxylic acids is 3. The van der Waals surface area contributed by atoms with Crippen molar-refractivity contribution in [3.8, 4) is 0 Å². The third-order valence-corrected chi connectivity index (χ3v) is 5.49. The van der Waals surface area contributed by atoms with Crippen molar-refractivity contribution in [2.45, 2.75) is 24.9 Å². The molecule has 28 heavy (non-hydrogen) atoms. The first-order valence-corrected chi connectivity index (χ1v) is 9.36. The Bertz CT molecular complexity index is 887. The second-order valence-corrected chi connectivity index (χ2v) is 7.30. The molecule has 0 bridgehead atoms. The third-order valence-electron chi connectivity index (χ3n) is 5.49. The predicted octanol–water partition coefficient (Wildman–Crippen LogP) is 1.52. The molecule has 0 aliphatic carbocycles. The minimum atomic E-state index is -0.498. The van der Waals surface area contributed by atoms with Gasteiger partial charge in [-0.25, -0.2) is 0 Å². The van der Waals surface area contributed by atoms with Crippen LogP contribution in [0.25, 0.3) is 0 Å². The summed E-state index contributed by atoms with van der Waals surface area (Å²) < 4.78 is 0. The van der Waals surface area contributed by atoms with Gasteiger partial charge in [0.15, 0.2) is 0 Å². The number of aromatic nitrogens is 1. The Balaban J connectivity index is 1.47. The van der Waals surface area contributed by atoms with Gasteiger partial charge < -0.3 is 15.1 Å². The molecule has 4 rings (SSSR count). The number of nitrogens with one attached hydrogen (secondary N) is 1. The quantitative estimate of drug-likeness (QED) is 0.875. The predicted molar refractivity (Wildman–Crippen MR) is 103 cm³/mol. The number of amides is 3. The van der Waals surface area contributed by atoms with E-state index in [1.165, 1.54) is 0 Å². The summed E-state index contributed by atoms with van der Waals surface area (Å²) in [5.41, 5.74) is 1.66. The van der Waals surface area contributed by atoms with E-state index in [0.717, 1.165) is 11.3 Å². The van der Waals surface area contributed by atoms with Crippen LogP contribution in [0.1, 0.15) is 24.4 Å². The van der Waals surface area contributed by atoms with Gasteiger partial charge in [-0.05, 0) is 23.8 Å². The lowest BCUT2D eigenvalue weighted by atomic mass is 9.93. The average molecular weight is 378 g/mol. The molecule has 2 aliphatic rings. The molecule has 2 saturated heterocycles. The summed E-state index contributed by atoms with van der Waals surface area (Å²) in [5.74, 6) is -0.774. The van der Waals surface area contributed by atoms with Crippen LogP contribution in [0.15, 0.2) is 54.9 Å². The Kier molecular flexibility index (Phi) is 4.81. The largest absolute Gasteiger partial charge is 0.351 e. The van der Waals surface area contributed by atoms with Crippen molar-refractivity contribution >= 4 is 23.4 Å². The number of anilines is 1. The maximum atomic E-state index is 13.0. The second kappa shape index (κ2) is 7.42. The lowest BCUT2D eigenvalue weighted by Gasteiger charge is -2.25.